The van der Waals surface area contributed by atoms with Gasteiger partial charge in [-0.05, 0) is 72.9 Å². The molecule has 0 atom stereocenters. The minimum absolute atomic E-state index is 0.143. The summed E-state index contributed by atoms with van der Waals surface area (Å²) < 4.78 is 11.1. The third-order valence-corrected chi connectivity index (χ3v) is 5.41. The molecule has 3 aromatic rings. The molecule has 0 radical (unpaired) electrons. The van der Waals surface area contributed by atoms with Crippen molar-refractivity contribution in [1.82, 2.24) is 0 Å². The minimum Gasteiger partial charge on any atom is -0.486 e. The van der Waals surface area contributed by atoms with E-state index in [4.69, 9.17) is 9.15 Å². The number of ether oxygens (including phenoxy) is 1. The summed E-state index contributed by atoms with van der Waals surface area (Å²) in [6, 6.07) is 12.0. The van der Waals surface area contributed by atoms with Gasteiger partial charge >= 0.3 is 0 Å². The Bertz CT molecular complexity index is 859. The van der Waals surface area contributed by atoms with Crippen LogP contribution in [0, 0.1) is 0 Å². The van der Waals surface area contributed by atoms with Gasteiger partial charge in [0.25, 0.3) is 0 Å². The summed E-state index contributed by atoms with van der Waals surface area (Å²) in [7, 11) is 0. The molecule has 4 heteroatoms. The Morgan fingerprint density at radius 1 is 1.22 bits per heavy atom. The number of hydrogen-bond acceptors (Lipinski definition) is 4. The lowest BCUT2D eigenvalue weighted by atomic mass is 9.91. The third-order valence-electron chi connectivity index (χ3n) is 4.10. The van der Waals surface area contributed by atoms with E-state index in [1.54, 1.807) is 24.5 Å². The number of carbonyl (C=O) groups is 1. The van der Waals surface area contributed by atoms with Crippen LogP contribution in [0.4, 0.5) is 0 Å². The predicted molar refractivity (Wildman–Crippen MR) is 90.2 cm³/mol. The first kappa shape index (κ1) is 14.3. The van der Waals surface area contributed by atoms with Crippen molar-refractivity contribution >= 4 is 17.1 Å². The lowest BCUT2D eigenvalue weighted by Crippen LogP contribution is -2.02. The smallest absolute Gasteiger partial charge is 0.169 e. The molecule has 0 fully saturated rings. The monoisotopic (exact) mass is 324 g/mol. The summed E-state index contributed by atoms with van der Waals surface area (Å²) in [5.41, 5.74) is 3.80. The molecule has 0 saturated heterocycles. The number of Topliss-reactive ketones (excluding diaryl/α,β-unsaturated/α-hetero) is 1. The quantitative estimate of drug-likeness (QED) is 0.642. The Morgan fingerprint density at radius 2 is 2.09 bits per heavy atom. The number of aryl methyl sites for hydroxylation is 2. The fraction of sp³-hybridized carbons (Fsp3) is 0.211. The van der Waals surface area contributed by atoms with Crippen LogP contribution in [0.3, 0.4) is 0 Å². The number of furan rings is 1. The zero-order valence-corrected chi connectivity index (χ0v) is 13.6. The van der Waals surface area contributed by atoms with Gasteiger partial charge in [0.15, 0.2) is 5.78 Å². The summed E-state index contributed by atoms with van der Waals surface area (Å²) in [6.45, 7) is 2.06. The summed E-state index contributed by atoms with van der Waals surface area (Å²) in [4.78, 5) is 13.7. The number of benzene rings is 1. The first-order chi connectivity index (χ1) is 11.2. The van der Waals surface area contributed by atoms with Gasteiger partial charge in [0.1, 0.15) is 18.1 Å². The number of thiophene rings is 1. The van der Waals surface area contributed by atoms with Gasteiger partial charge in [-0.1, -0.05) is 0 Å². The number of fused-ring (bicyclic) bond motifs is 3. The molecule has 0 saturated carbocycles. The summed E-state index contributed by atoms with van der Waals surface area (Å²) in [5, 5.41) is 0. The van der Waals surface area contributed by atoms with Crippen molar-refractivity contribution < 1.29 is 13.9 Å². The van der Waals surface area contributed by atoms with Gasteiger partial charge in [-0.3, -0.25) is 4.79 Å². The Morgan fingerprint density at radius 3 is 2.87 bits per heavy atom. The predicted octanol–water partition coefficient (Wildman–Crippen LogP) is 4.89. The van der Waals surface area contributed by atoms with Crippen LogP contribution < -0.4 is 4.74 Å². The molecule has 0 bridgehead atoms. The first-order valence-electron chi connectivity index (χ1n) is 7.63. The minimum atomic E-state index is 0.143. The number of ketones is 1. The lowest BCUT2D eigenvalue weighted by molar-refractivity contribution is 0.102. The van der Waals surface area contributed by atoms with Crippen molar-refractivity contribution in [3.63, 3.8) is 0 Å². The maximum absolute atomic E-state index is 11.6. The van der Waals surface area contributed by atoms with Crippen molar-refractivity contribution in [2.24, 2.45) is 0 Å². The van der Waals surface area contributed by atoms with E-state index in [1.807, 2.05) is 24.3 Å². The molecule has 0 unspecified atom stereocenters. The second-order valence-electron chi connectivity index (χ2n) is 5.71. The van der Waals surface area contributed by atoms with Crippen molar-refractivity contribution in [3.8, 4) is 16.2 Å². The van der Waals surface area contributed by atoms with E-state index in [-0.39, 0.29) is 5.78 Å². The molecule has 0 amide bonds. The third kappa shape index (κ3) is 2.70. The van der Waals surface area contributed by atoms with Gasteiger partial charge in [0, 0.05) is 4.88 Å². The van der Waals surface area contributed by atoms with E-state index in [0.717, 1.165) is 29.2 Å². The Labute approximate surface area is 138 Å². The Balaban J connectivity index is 1.61. The standard InChI is InChI=1S/C19H16O3S/c1-12(20)18-10-14-5-4-13-9-15(6-7-17(13)19(14)23-18)22-11-16-3-2-8-21-16/h2-3,6-10H,4-5,11H2,1H3. The molecule has 1 aliphatic carbocycles. The van der Waals surface area contributed by atoms with Crippen molar-refractivity contribution in [2.75, 3.05) is 0 Å². The molecular formula is C19H16O3S. The SMILES string of the molecule is CC(=O)c1cc2c(s1)-c1ccc(OCc3ccco3)cc1CC2. The van der Waals surface area contributed by atoms with Crippen LogP contribution in [0.15, 0.2) is 47.1 Å². The molecule has 0 spiro atoms. The molecule has 1 aromatic carbocycles. The van der Waals surface area contributed by atoms with E-state index in [2.05, 4.69) is 12.1 Å². The second kappa shape index (κ2) is 5.70. The fourth-order valence-electron chi connectivity index (χ4n) is 2.92. The number of rotatable bonds is 4. The maximum Gasteiger partial charge on any atom is 0.169 e. The number of hydrogen-bond donors (Lipinski definition) is 0. The summed E-state index contributed by atoms with van der Waals surface area (Å²) in [6.07, 6.45) is 3.61. The highest BCUT2D eigenvalue weighted by molar-refractivity contribution is 7.17. The Hall–Kier alpha value is -2.33. The zero-order chi connectivity index (χ0) is 15.8. The Kier molecular flexibility index (Phi) is 3.54. The molecule has 3 nitrogen and oxygen atoms in total. The highest BCUT2D eigenvalue weighted by atomic mass is 32.1. The average molecular weight is 324 g/mol. The molecule has 1 aliphatic rings. The van der Waals surface area contributed by atoms with Crippen LogP contribution in [-0.4, -0.2) is 5.78 Å². The van der Waals surface area contributed by atoms with Gasteiger partial charge in [-0.2, -0.15) is 0 Å². The molecule has 4 rings (SSSR count). The molecule has 2 aromatic heterocycles. The topological polar surface area (TPSA) is 39.4 Å². The first-order valence-corrected chi connectivity index (χ1v) is 8.44. The molecule has 116 valence electrons. The normalized spacial score (nSPS) is 12.6. The molecule has 23 heavy (non-hydrogen) atoms. The van der Waals surface area contributed by atoms with Crippen molar-refractivity contribution in [3.05, 3.63) is 64.4 Å². The molecule has 0 aliphatic heterocycles. The van der Waals surface area contributed by atoms with Crippen LogP contribution in [0.5, 0.6) is 5.75 Å². The van der Waals surface area contributed by atoms with Crippen LogP contribution in [0.25, 0.3) is 10.4 Å². The van der Waals surface area contributed by atoms with E-state index < -0.39 is 0 Å². The van der Waals surface area contributed by atoms with E-state index in [1.165, 1.54) is 21.6 Å². The van der Waals surface area contributed by atoms with Gasteiger partial charge in [0.05, 0.1) is 11.1 Å². The van der Waals surface area contributed by atoms with Crippen LogP contribution in [-0.2, 0) is 19.4 Å². The number of carbonyl (C=O) groups excluding carboxylic acids is 1. The van der Waals surface area contributed by atoms with E-state index in [0.29, 0.717) is 6.61 Å². The molecule has 2 heterocycles. The fourth-order valence-corrected chi connectivity index (χ4v) is 4.09. The lowest BCUT2D eigenvalue weighted by Gasteiger charge is -2.17. The van der Waals surface area contributed by atoms with E-state index in [9.17, 15) is 4.79 Å². The summed E-state index contributed by atoms with van der Waals surface area (Å²) >= 11 is 1.60. The van der Waals surface area contributed by atoms with Crippen LogP contribution in [0.1, 0.15) is 33.5 Å². The van der Waals surface area contributed by atoms with Gasteiger partial charge in [-0.25, -0.2) is 0 Å². The van der Waals surface area contributed by atoms with Gasteiger partial charge in [-0.15, -0.1) is 11.3 Å². The largest absolute Gasteiger partial charge is 0.486 e. The molecule has 0 N–H and O–H groups in total. The van der Waals surface area contributed by atoms with Crippen molar-refractivity contribution in [2.45, 2.75) is 26.4 Å². The highest BCUT2D eigenvalue weighted by Crippen LogP contribution is 2.41. The van der Waals surface area contributed by atoms with E-state index >= 15 is 0 Å². The van der Waals surface area contributed by atoms with Crippen molar-refractivity contribution in [1.29, 1.82) is 0 Å². The average Bonchev–Trinajstić information content (AvgIpc) is 3.21. The van der Waals surface area contributed by atoms with Gasteiger partial charge in [0.2, 0.25) is 0 Å². The maximum atomic E-state index is 11.6. The molecular weight excluding hydrogens is 308 g/mol. The second-order valence-corrected chi connectivity index (χ2v) is 6.76. The summed E-state index contributed by atoms with van der Waals surface area (Å²) in [5.74, 6) is 1.81. The highest BCUT2D eigenvalue weighted by Gasteiger charge is 2.21. The van der Waals surface area contributed by atoms with Crippen LogP contribution >= 0.6 is 11.3 Å². The van der Waals surface area contributed by atoms with Gasteiger partial charge < -0.3 is 9.15 Å². The zero-order valence-electron chi connectivity index (χ0n) is 12.8. The van der Waals surface area contributed by atoms with Crippen LogP contribution in [0.2, 0.25) is 0 Å².